The van der Waals surface area contributed by atoms with Crippen LogP contribution in [-0.4, -0.2) is 36.0 Å². The maximum absolute atomic E-state index is 13.1. The number of para-hydroxylation sites is 1. The lowest BCUT2D eigenvalue weighted by Gasteiger charge is -2.23. The Morgan fingerprint density at radius 3 is 2.65 bits per heavy atom. The number of nitrogens with zero attached hydrogens (tertiary/aromatic N) is 1. The number of hydrogen-bond acceptors (Lipinski definition) is 4. The number of fused-ring (bicyclic) bond motifs is 3. The van der Waals surface area contributed by atoms with Crippen LogP contribution in [0.5, 0.6) is 5.75 Å². The Hall–Kier alpha value is -2.53. The second kappa shape index (κ2) is 6.65. The summed E-state index contributed by atoms with van der Waals surface area (Å²) in [5, 5.41) is 0.569. The fourth-order valence-corrected chi connectivity index (χ4v) is 3.85. The normalized spacial score (nSPS) is 23.2. The number of ether oxygens (including phenoxy) is 2. The Labute approximate surface area is 156 Å². The molecule has 2 aromatic carbocycles. The standard InChI is InChI=1S/C20H18ClNO4/c1-2-25-20(24)15-11-22(19(23)12-7-9-13(21)10-8-12)17-14-5-3-4-6-16(14)26-18(15)17/h3-10,15,17-18H,2,11H2,1H3/t15-,17+,18+/m1/s1. The number of rotatable bonds is 3. The van der Waals surface area contributed by atoms with E-state index in [1.807, 2.05) is 24.3 Å². The van der Waals surface area contributed by atoms with Gasteiger partial charge in [-0.25, -0.2) is 0 Å². The van der Waals surface area contributed by atoms with Crippen LogP contribution in [0.1, 0.15) is 28.9 Å². The number of carbonyl (C=O) groups excluding carboxylic acids is 2. The second-order valence-corrected chi connectivity index (χ2v) is 6.82. The lowest BCUT2D eigenvalue weighted by molar-refractivity contribution is -0.149. The minimum atomic E-state index is -0.511. The first kappa shape index (κ1) is 16.9. The summed E-state index contributed by atoms with van der Waals surface area (Å²) >= 11 is 5.93. The first-order chi connectivity index (χ1) is 12.6. The smallest absolute Gasteiger partial charge is 0.314 e. The third-order valence-electron chi connectivity index (χ3n) is 4.88. The van der Waals surface area contributed by atoms with E-state index in [1.54, 1.807) is 36.1 Å². The summed E-state index contributed by atoms with van der Waals surface area (Å²) in [5.41, 5.74) is 1.45. The summed E-state index contributed by atoms with van der Waals surface area (Å²) in [5.74, 6) is -0.278. The Morgan fingerprint density at radius 1 is 1.19 bits per heavy atom. The molecule has 0 bridgehead atoms. The van der Waals surface area contributed by atoms with Gasteiger partial charge in [0.05, 0.1) is 12.6 Å². The molecule has 0 aromatic heterocycles. The van der Waals surface area contributed by atoms with E-state index >= 15 is 0 Å². The average Bonchev–Trinajstić information content (AvgIpc) is 3.19. The van der Waals surface area contributed by atoms with E-state index in [1.165, 1.54) is 0 Å². The SMILES string of the molecule is CCOC(=O)[C@@H]1CN(C(=O)c2ccc(Cl)cc2)[C@H]2c3ccccc3O[C@@H]12. The molecule has 2 heterocycles. The number of benzene rings is 2. The van der Waals surface area contributed by atoms with Crippen LogP contribution in [0, 0.1) is 5.92 Å². The van der Waals surface area contributed by atoms with Crippen molar-refractivity contribution >= 4 is 23.5 Å². The highest BCUT2D eigenvalue weighted by molar-refractivity contribution is 6.30. The van der Waals surface area contributed by atoms with Crippen LogP contribution in [0.4, 0.5) is 0 Å². The largest absolute Gasteiger partial charge is 0.487 e. The van der Waals surface area contributed by atoms with Gasteiger partial charge in [-0.2, -0.15) is 0 Å². The summed E-state index contributed by atoms with van der Waals surface area (Å²) in [7, 11) is 0. The molecule has 5 nitrogen and oxygen atoms in total. The van der Waals surface area contributed by atoms with Crippen molar-refractivity contribution in [2.75, 3.05) is 13.2 Å². The van der Waals surface area contributed by atoms with E-state index in [0.29, 0.717) is 22.9 Å². The predicted molar refractivity (Wildman–Crippen MR) is 96.2 cm³/mol. The van der Waals surface area contributed by atoms with Crippen molar-refractivity contribution in [2.24, 2.45) is 5.92 Å². The molecule has 1 saturated heterocycles. The number of likely N-dealkylation sites (tertiary alicyclic amines) is 1. The highest BCUT2D eigenvalue weighted by Gasteiger charge is 2.54. The van der Waals surface area contributed by atoms with Crippen molar-refractivity contribution in [3.63, 3.8) is 0 Å². The van der Waals surface area contributed by atoms with Gasteiger partial charge in [0, 0.05) is 22.7 Å². The lowest BCUT2D eigenvalue weighted by atomic mass is 9.98. The van der Waals surface area contributed by atoms with Crippen LogP contribution in [0.25, 0.3) is 0 Å². The minimum absolute atomic E-state index is 0.149. The number of amides is 1. The van der Waals surface area contributed by atoms with Gasteiger partial charge in [0.15, 0.2) is 0 Å². The molecule has 3 atom stereocenters. The number of esters is 1. The predicted octanol–water partition coefficient (Wildman–Crippen LogP) is 3.48. The van der Waals surface area contributed by atoms with Gasteiger partial charge in [-0.05, 0) is 37.3 Å². The zero-order chi connectivity index (χ0) is 18.3. The zero-order valence-electron chi connectivity index (χ0n) is 14.2. The molecule has 1 fully saturated rings. The molecule has 134 valence electrons. The minimum Gasteiger partial charge on any atom is -0.487 e. The highest BCUT2D eigenvalue weighted by atomic mass is 35.5. The molecule has 6 heteroatoms. The van der Waals surface area contributed by atoms with Gasteiger partial charge in [-0.1, -0.05) is 29.8 Å². The second-order valence-electron chi connectivity index (χ2n) is 6.39. The molecule has 0 radical (unpaired) electrons. The summed E-state index contributed by atoms with van der Waals surface area (Å²) in [4.78, 5) is 27.3. The maximum atomic E-state index is 13.1. The lowest BCUT2D eigenvalue weighted by Crippen LogP contribution is -2.32. The Morgan fingerprint density at radius 2 is 1.92 bits per heavy atom. The van der Waals surface area contributed by atoms with Gasteiger partial charge in [0.25, 0.3) is 5.91 Å². The van der Waals surface area contributed by atoms with Gasteiger partial charge < -0.3 is 14.4 Å². The van der Waals surface area contributed by atoms with Crippen molar-refractivity contribution in [1.82, 2.24) is 4.90 Å². The molecule has 1 amide bonds. The first-order valence-corrected chi connectivity index (χ1v) is 8.96. The summed E-state index contributed by atoms with van der Waals surface area (Å²) < 4.78 is 11.2. The van der Waals surface area contributed by atoms with Crippen LogP contribution >= 0.6 is 11.6 Å². The van der Waals surface area contributed by atoms with Crippen molar-refractivity contribution in [2.45, 2.75) is 19.1 Å². The monoisotopic (exact) mass is 371 g/mol. The maximum Gasteiger partial charge on any atom is 0.314 e. The van der Waals surface area contributed by atoms with Gasteiger partial charge in [0.1, 0.15) is 17.8 Å². The third-order valence-corrected chi connectivity index (χ3v) is 5.13. The summed E-state index contributed by atoms with van der Waals surface area (Å²) in [6, 6.07) is 14.0. The molecule has 4 rings (SSSR count). The van der Waals surface area contributed by atoms with Crippen LogP contribution in [0.2, 0.25) is 5.02 Å². The molecule has 2 aliphatic heterocycles. The number of halogens is 1. The molecule has 2 aliphatic rings. The van der Waals surface area contributed by atoms with E-state index < -0.39 is 12.0 Å². The van der Waals surface area contributed by atoms with E-state index in [9.17, 15) is 9.59 Å². The van der Waals surface area contributed by atoms with Crippen molar-refractivity contribution in [3.05, 3.63) is 64.7 Å². The summed E-state index contributed by atoms with van der Waals surface area (Å²) in [6.07, 6.45) is -0.428. The fraction of sp³-hybridized carbons (Fsp3) is 0.300. The fourth-order valence-electron chi connectivity index (χ4n) is 3.72. The quantitative estimate of drug-likeness (QED) is 0.775. The summed E-state index contributed by atoms with van der Waals surface area (Å²) in [6.45, 7) is 2.33. The number of carbonyl (C=O) groups is 2. The van der Waals surface area contributed by atoms with Crippen LogP contribution < -0.4 is 4.74 Å². The molecular formula is C20H18ClNO4. The van der Waals surface area contributed by atoms with Crippen LogP contribution in [-0.2, 0) is 9.53 Å². The van der Waals surface area contributed by atoms with Gasteiger partial charge >= 0.3 is 5.97 Å². The topological polar surface area (TPSA) is 55.8 Å². The Kier molecular flexibility index (Phi) is 4.32. The van der Waals surface area contributed by atoms with Crippen LogP contribution in [0.3, 0.4) is 0 Å². The zero-order valence-corrected chi connectivity index (χ0v) is 15.0. The molecular weight excluding hydrogens is 354 g/mol. The van der Waals surface area contributed by atoms with Crippen molar-refractivity contribution in [1.29, 1.82) is 0 Å². The van der Waals surface area contributed by atoms with Gasteiger partial charge in [-0.3, -0.25) is 9.59 Å². The molecule has 26 heavy (non-hydrogen) atoms. The molecule has 2 aromatic rings. The van der Waals surface area contributed by atoms with Gasteiger partial charge in [0.2, 0.25) is 0 Å². The van der Waals surface area contributed by atoms with Crippen LogP contribution in [0.15, 0.2) is 48.5 Å². The Bertz CT molecular complexity index is 851. The molecule has 0 aliphatic carbocycles. The number of hydrogen-bond donors (Lipinski definition) is 0. The van der Waals surface area contributed by atoms with E-state index in [0.717, 1.165) is 5.56 Å². The van der Waals surface area contributed by atoms with Crippen molar-refractivity contribution < 1.29 is 19.1 Å². The molecule has 0 saturated carbocycles. The Balaban J connectivity index is 1.70. The molecule has 0 N–H and O–H groups in total. The van der Waals surface area contributed by atoms with E-state index in [-0.39, 0.29) is 24.5 Å². The first-order valence-electron chi connectivity index (χ1n) is 8.59. The molecule has 0 unspecified atom stereocenters. The molecule has 0 spiro atoms. The highest BCUT2D eigenvalue weighted by Crippen LogP contribution is 2.48. The van der Waals surface area contributed by atoms with E-state index in [2.05, 4.69) is 0 Å². The van der Waals surface area contributed by atoms with Crippen molar-refractivity contribution in [3.8, 4) is 5.75 Å². The van der Waals surface area contributed by atoms with Gasteiger partial charge in [-0.15, -0.1) is 0 Å². The third kappa shape index (κ3) is 2.72. The average molecular weight is 372 g/mol. The van der Waals surface area contributed by atoms with E-state index in [4.69, 9.17) is 21.1 Å².